The smallest absolute Gasteiger partial charge is 0.305 e. The van der Waals surface area contributed by atoms with Crippen LogP contribution in [0.2, 0.25) is 0 Å². The summed E-state index contributed by atoms with van der Waals surface area (Å²) in [7, 11) is 0. The third-order valence-corrected chi connectivity index (χ3v) is 4.42. The van der Waals surface area contributed by atoms with Crippen LogP contribution >= 0.6 is 0 Å². The molecular weight excluding hydrogens is 393 g/mol. The lowest BCUT2D eigenvalue weighted by Crippen LogP contribution is -2.13. The molecule has 0 saturated heterocycles. The Balaban J connectivity index is 2.49. The summed E-state index contributed by atoms with van der Waals surface area (Å²) in [5.74, 6) is -0.509. The second-order valence-electron chi connectivity index (χ2n) is 6.61. The number of nitrogens with one attached hydrogen (secondary N) is 1. The maximum Gasteiger partial charge on any atom is 0.416 e. The second kappa shape index (κ2) is 9.27. The zero-order valence-electron chi connectivity index (χ0n) is 16.8. The molecule has 1 N–H and O–H groups in total. The van der Waals surface area contributed by atoms with Gasteiger partial charge in [-0.25, -0.2) is 0 Å². The van der Waals surface area contributed by atoms with Crippen molar-refractivity contribution in [1.82, 2.24) is 9.78 Å². The first-order chi connectivity index (χ1) is 14.1. The van der Waals surface area contributed by atoms with E-state index in [1.54, 1.807) is 4.68 Å². The van der Waals surface area contributed by atoms with Crippen molar-refractivity contribution in [3.63, 3.8) is 0 Å². The molecule has 1 heterocycles. The molecule has 0 spiro atoms. The normalized spacial score (nSPS) is 13.3. The van der Waals surface area contributed by atoms with Crippen molar-refractivity contribution in [1.29, 1.82) is 5.26 Å². The van der Waals surface area contributed by atoms with Crippen LogP contribution in [0.25, 0.3) is 10.9 Å². The lowest BCUT2D eigenvalue weighted by Gasteiger charge is -2.07. The number of rotatable bonds is 6. The van der Waals surface area contributed by atoms with Crippen LogP contribution in [0, 0.1) is 11.3 Å². The number of anilines is 1. The van der Waals surface area contributed by atoms with Gasteiger partial charge in [0.1, 0.15) is 0 Å². The average molecular weight is 414 g/mol. The van der Waals surface area contributed by atoms with E-state index in [4.69, 9.17) is 5.26 Å². The SMILES string of the molecule is C=C/C(C#N)=C\C=C(/C)C(=O)Nc1nn(C/C(C)=C/C)c2ccc(C(F)(F)F)cc12. The van der Waals surface area contributed by atoms with Gasteiger partial charge in [0, 0.05) is 11.0 Å². The molecule has 0 aliphatic carbocycles. The first-order valence-corrected chi connectivity index (χ1v) is 9.02. The number of nitrogens with zero attached hydrogens (tertiary/aromatic N) is 3. The molecule has 30 heavy (non-hydrogen) atoms. The monoisotopic (exact) mass is 414 g/mol. The fraction of sp³-hybridized carbons (Fsp3) is 0.227. The summed E-state index contributed by atoms with van der Waals surface area (Å²) >= 11 is 0. The largest absolute Gasteiger partial charge is 0.416 e. The van der Waals surface area contributed by atoms with Crippen LogP contribution in [-0.4, -0.2) is 15.7 Å². The number of amides is 1. The molecule has 2 rings (SSSR count). The molecule has 5 nitrogen and oxygen atoms in total. The van der Waals surface area contributed by atoms with Crippen molar-refractivity contribution in [3.8, 4) is 6.07 Å². The highest BCUT2D eigenvalue weighted by Gasteiger charge is 2.31. The minimum absolute atomic E-state index is 0.0333. The Hall–Kier alpha value is -3.60. The van der Waals surface area contributed by atoms with Gasteiger partial charge in [0.05, 0.1) is 29.3 Å². The van der Waals surface area contributed by atoms with E-state index < -0.39 is 17.6 Å². The van der Waals surface area contributed by atoms with E-state index in [1.807, 2.05) is 26.0 Å². The zero-order valence-corrected chi connectivity index (χ0v) is 16.8. The maximum atomic E-state index is 13.2. The van der Waals surface area contributed by atoms with Gasteiger partial charge >= 0.3 is 6.18 Å². The van der Waals surface area contributed by atoms with Gasteiger partial charge in [0.2, 0.25) is 0 Å². The Bertz CT molecular complexity index is 1110. The quantitative estimate of drug-likeness (QED) is 0.292. The van der Waals surface area contributed by atoms with Crippen molar-refractivity contribution in [2.75, 3.05) is 5.32 Å². The number of hydrogen-bond acceptors (Lipinski definition) is 3. The number of alkyl halides is 3. The van der Waals surface area contributed by atoms with Crippen LogP contribution in [0.1, 0.15) is 26.3 Å². The molecule has 2 aromatic rings. The van der Waals surface area contributed by atoms with Crippen LogP contribution in [-0.2, 0) is 17.5 Å². The number of allylic oxidation sites excluding steroid dienone is 6. The van der Waals surface area contributed by atoms with Gasteiger partial charge in [-0.05, 0) is 45.0 Å². The fourth-order valence-corrected chi connectivity index (χ4v) is 2.54. The molecule has 0 fully saturated rings. The van der Waals surface area contributed by atoms with E-state index in [0.717, 1.165) is 17.7 Å². The summed E-state index contributed by atoms with van der Waals surface area (Å²) in [5, 5.41) is 16.0. The van der Waals surface area contributed by atoms with Crippen LogP contribution in [0.5, 0.6) is 0 Å². The van der Waals surface area contributed by atoms with Crippen LogP contribution in [0.3, 0.4) is 0 Å². The molecule has 0 radical (unpaired) electrons. The molecule has 0 bridgehead atoms. The molecule has 0 atom stereocenters. The average Bonchev–Trinajstić information content (AvgIpc) is 3.04. The Labute approximate surface area is 172 Å². The van der Waals surface area contributed by atoms with Crippen LogP contribution < -0.4 is 5.32 Å². The van der Waals surface area contributed by atoms with Crippen molar-refractivity contribution >= 4 is 22.6 Å². The van der Waals surface area contributed by atoms with Crippen LogP contribution in [0.4, 0.5) is 19.0 Å². The molecule has 1 aromatic carbocycles. The standard InChI is InChI=1S/C22H21F3N4O/c1-5-14(3)13-29-19-10-9-17(22(23,24)25)11-18(19)20(28-29)27-21(30)15(4)7-8-16(6-2)12-26/h5-11H,2,13H2,1,3-4H3,(H,27,28,30)/b14-5+,15-7+,16-8+. The van der Waals surface area contributed by atoms with Crippen molar-refractivity contribution in [3.05, 3.63) is 71.4 Å². The van der Waals surface area contributed by atoms with E-state index in [2.05, 4.69) is 17.0 Å². The van der Waals surface area contributed by atoms with E-state index in [0.29, 0.717) is 12.1 Å². The van der Waals surface area contributed by atoms with E-state index >= 15 is 0 Å². The summed E-state index contributed by atoms with van der Waals surface area (Å²) in [5.41, 5.74) is 1.14. The maximum absolute atomic E-state index is 13.2. The summed E-state index contributed by atoms with van der Waals surface area (Å²) < 4.78 is 41.1. The molecule has 0 aliphatic rings. The predicted octanol–water partition coefficient (Wildman–Crippen LogP) is 5.54. The topological polar surface area (TPSA) is 70.7 Å². The van der Waals surface area contributed by atoms with Crippen molar-refractivity contribution in [2.24, 2.45) is 0 Å². The minimum atomic E-state index is -4.52. The zero-order chi connectivity index (χ0) is 22.5. The molecule has 1 aromatic heterocycles. The van der Waals surface area contributed by atoms with Gasteiger partial charge < -0.3 is 5.32 Å². The Morgan fingerprint density at radius 2 is 2.03 bits per heavy atom. The molecule has 1 amide bonds. The third kappa shape index (κ3) is 5.26. The van der Waals surface area contributed by atoms with Gasteiger partial charge in [0.15, 0.2) is 5.82 Å². The van der Waals surface area contributed by atoms with Gasteiger partial charge in [0.25, 0.3) is 5.91 Å². The van der Waals surface area contributed by atoms with E-state index in [9.17, 15) is 18.0 Å². The van der Waals surface area contributed by atoms with Gasteiger partial charge in [-0.1, -0.05) is 30.4 Å². The number of fused-ring (bicyclic) bond motifs is 1. The van der Waals surface area contributed by atoms with Gasteiger partial charge in [-0.15, -0.1) is 0 Å². The molecule has 0 aliphatic heterocycles. The summed E-state index contributed by atoms with van der Waals surface area (Å²) in [6.45, 7) is 9.11. The lowest BCUT2D eigenvalue weighted by molar-refractivity contribution is -0.137. The summed E-state index contributed by atoms with van der Waals surface area (Å²) in [6, 6.07) is 5.22. The van der Waals surface area contributed by atoms with Gasteiger partial charge in [-0.2, -0.15) is 23.5 Å². The summed E-state index contributed by atoms with van der Waals surface area (Å²) in [6.07, 6.45) is 1.56. The molecule has 156 valence electrons. The highest BCUT2D eigenvalue weighted by Crippen LogP contribution is 2.34. The molecular formula is C22H21F3N4O. The number of carbonyl (C=O) groups excluding carboxylic acids is 1. The molecule has 8 heteroatoms. The number of aromatic nitrogens is 2. The number of carbonyl (C=O) groups is 1. The van der Waals surface area contributed by atoms with Crippen LogP contribution in [0.15, 0.2) is 65.8 Å². The number of hydrogen-bond donors (Lipinski definition) is 1. The van der Waals surface area contributed by atoms with Gasteiger partial charge in [-0.3, -0.25) is 9.48 Å². The number of benzene rings is 1. The predicted molar refractivity (Wildman–Crippen MR) is 110 cm³/mol. The third-order valence-electron chi connectivity index (χ3n) is 4.42. The highest BCUT2D eigenvalue weighted by molar-refractivity contribution is 6.07. The molecule has 0 saturated carbocycles. The first kappa shape index (κ1) is 22.7. The fourth-order valence-electron chi connectivity index (χ4n) is 2.54. The van der Waals surface area contributed by atoms with E-state index in [1.165, 1.54) is 31.2 Å². The van der Waals surface area contributed by atoms with Crippen molar-refractivity contribution in [2.45, 2.75) is 33.5 Å². The highest BCUT2D eigenvalue weighted by atomic mass is 19.4. The lowest BCUT2D eigenvalue weighted by atomic mass is 10.1. The van der Waals surface area contributed by atoms with Crippen molar-refractivity contribution < 1.29 is 18.0 Å². The first-order valence-electron chi connectivity index (χ1n) is 9.02. The molecule has 0 unspecified atom stereocenters. The summed E-state index contributed by atoms with van der Waals surface area (Å²) in [4.78, 5) is 12.5. The minimum Gasteiger partial charge on any atom is -0.305 e. The second-order valence-corrected chi connectivity index (χ2v) is 6.61. The van der Waals surface area contributed by atoms with E-state index in [-0.39, 0.29) is 22.4 Å². The Morgan fingerprint density at radius 3 is 2.60 bits per heavy atom. The Morgan fingerprint density at radius 1 is 1.33 bits per heavy atom. The Kier molecular flexibility index (Phi) is 7.01. The number of nitriles is 1. The number of halogens is 3.